The van der Waals surface area contributed by atoms with Crippen LogP contribution in [-0.2, 0) is 12.6 Å². The highest BCUT2D eigenvalue weighted by Crippen LogP contribution is 2.35. The highest BCUT2D eigenvalue weighted by atomic mass is 19.4. The molecule has 186 valence electrons. The van der Waals surface area contributed by atoms with Crippen molar-refractivity contribution in [2.24, 2.45) is 0 Å². The van der Waals surface area contributed by atoms with E-state index in [1.165, 1.54) is 28.5 Å². The maximum Gasteiger partial charge on any atom is 0.417 e. The minimum absolute atomic E-state index is 0.316. The Balaban J connectivity index is 1.51. The van der Waals surface area contributed by atoms with Crippen molar-refractivity contribution in [3.63, 3.8) is 0 Å². The van der Waals surface area contributed by atoms with Crippen molar-refractivity contribution in [3.8, 4) is 0 Å². The van der Waals surface area contributed by atoms with E-state index in [0.717, 1.165) is 55.6 Å². The van der Waals surface area contributed by atoms with Gasteiger partial charge >= 0.3 is 6.18 Å². The first-order chi connectivity index (χ1) is 16.5. The molecule has 2 aromatic rings. The lowest BCUT2D eigenvalue weighted by molar-refractivity contribution is -0.137. The zero-order valence-corrected chi connectivity index (χ0v) is 20.6. The number of likely N-dealkylation sites (N-methyl/N-ethyl adjacent to an activating group) is 1. The molecular formula is C28H32F3N3O. The predicted molar refractivity (Wildman–Crippen MR) is 133 cm³/mol. The number of hydrogen-bond donors (Lipinski definition) is 1. The number of benzene rings is 2. The standard InChI is InChI=1S/C28H32F3N3O/c1-27(2,23-11-9-19-8-7-18-5-4-6-21(23)25(18)19)32-26(35)22-17-20(10-12-24(22)28(29,30)31)34-15-13-33(3)14-16-34/h4-6,10,12,17H,7-9,11,13-16H2,1-3H3,(H,32,35). The van der Waals surface area contributed by atoms with Gasteiger partial charge in [0.05, 0.1) is 16.7 Å². The van der Waals surface area contributed by atoms with Gasteiger partial charge in [0, 0.05) is 31.9 Å². The van der Waals surface area contributed by atoms with E-state index in [4.69, 9.17) is 0 Å². The zero-order valence-electron chi connectivity index (χ0n) is 20.6. The van der Waals surface area contributed by atoms with Crippen LogP contribution in [-0.4, -0.2) is 49.6 Å². The molecule has 1 aliphatic heterocycles. The van der Waals surface area contributed by atoms with E-state index in [1.54, 1.807) is 0 Å². The molecule has 35 heavy (non-hydrogen) atoms. The Hall–Kier alpha value is -2.80. The number of aryl methyl sites for hydroxylation is 1. The second kappa shape index (κ2) is 8.70. The molecule has 1 heterocycles. The van der Waals surface area contributed by atoms with Crippen LogP contribution in [0.3, 0.4) is 0 Å². The first kappa shape index (κ1) is 23.9. The fourth-order valence-electron chi connectivity index (χ4n) is 5.85. The Morgan fingerprint density at radius 3 is 2.37 bits per heavy atom. The van der Waals surface area contributed by atoms with Gasteiger partial charge in [0.2, 0.25) is 0 Å². The molecular weight excluding hydrogens is 451 g/mol. The van der Waals surface area contributed by atoms with Gasteiger partial charge in [0.15, 0.2) is 0 Å². The first-order valence-corrected chi connectivity index (χ1v) is 12.4. The number of rotatable bonds is 4. The van der Waals surface area contributed by atoms with Crippen LogP contribution in [0.15, 0.2) is 36.4 Å². The number of carbonyl (C=O) groups excluding carboxylic acids is 1. The summed E-state index contributed by atoms with van der Waals surface area (Å²) in [6.07, 6.45) is -0.773. The molecule has 0 aromatic heterocycles. The van der Waals surface area contributed by atoms with Crippen LogP contribution in [0, 0.1) is 0 Å². The molecule has 1 amide bonds. The van der Waals surface area contributed by atoms with Gasteiger partial charge in [-0.3, -0.25) is 4.79 Å². The summed E-state index contributed by atoms with van der Waals surface area (Å²) in [6.45, 7) is 6.88. The van der Waals surface area contributed by atoms with Crippen LogP contribution < -0.4 is 20.7 Å². The fraction of sp³-hybridized carbons (Fsp3) is 0.464. The van der Waals surface area contributed by atoms with Gasteiger partial charge in [0.1, 0.15) is 0 Å². The molecule has 0 atom stereocenters. The summed E-state index contributed by atoms with van der Waals surface area (Å²) < 4.78 is 41.7. The van der Waals surface area contributed by atoms with Gasteiger partial charge in [-0.2, -0.15) is 13.2 Å². The van der Waals surface area contributed by atoms with Crippen LogP contribution >= 0.6 is 0 Å². The largest absolute Gasteiger partial charge is 0.417 e. The topological polar surface area (TPSA) is 35.6 Å². The smallest absolute Gasteiger partial charge is 0.369 e. The lowest BCUT2D eigenvalue weighted by atomic mass is 9.83. The SMILES string of the molecule is CN1CCN(c2ccc(C(F)(F)F)c(C(=O)NC(C)(C)C3=c4cccc5c4=C(CC3)CC5)c2)CC1. The summed E-state index contributed by atoms with van der Waals surface area (Å²) in [5.74, 6) is -0.687. The molecule has 7 heteroatoms. The predicted octanol–water partition coefficient (Wildman–Crippen LogP) is 3.71. The Morgan fingerprint density at radius 1 is 0.943 bits per heavy atom. The van der Waals surface area contributed by atoms with E-state index in [0.29, 0.717) is 18.8 Å². The van der Waals surface area contributed by atoms with E-state index in [1.807, 2.05) is 31.9 Å². The summed E-state index contributed by atoms with van der Waals surface area (Å²) in [5.41, 5.74) is 2.53. The third kappa shape index (κ3) is 4.46. The van der Waals surface area contributed by atoms with E-state index >= 15 is 0 Å². The number of amides is 1. The molecule has 2 aromatic carbocycles. The summed E-state index contributed by atoms with van der Waals surface area (Å²) in [6, 6.07) is 10.2. The Labute approximate surface area is 204 Å². The van der Waals surface area contributed by atoms with Crippen LogP contribution in [0.2, 0.25) is 0 Å². The third-order valence-corrected chi connectivity index (χ3v) is 7.80. The molecule has 0 spiro atoms. The lowest BCUT2D eigenvalue weighted by Crippen LogP contribution is -2.49. The van der Waals surface area contributed by atoms with Gasteiger partial charge in [-0.25, -0.2) is 0 Å². The highest BCUT2D eigenvalue weighted by Gasteiger charge is 2.37. The molecule has 5 rings (SSSR count). The summed E-state index contributed by atoms with van der Waals surface area (Å²) >= 11 is 0. The number of nitrogens with one attached hydrogen (secondary N) is 1. The van der Waals surface area contributed by atoms with Crippen molar-refractivity contribution in [2.75, 3.05) is 38.1 Å². The lowest BCUT2D eigenvalue weighted by Gasteiger charge is -2.35. The molecule has 1 saturated heterocycles. The molecule has 0 saturated carbocycles. The van der Waals surface area contributed by atoms with Crippen LogP contribution in [0.1, 0.15) is 54.6 Å². The average molecular weight is 484 g/mol. The van der Waals surface area contributed by atoms with E-state index in [-0.39, 0.29) is 5.56 Å². The van der Waals surface area contributed by atoms with Gasteiger partial charge in [-0.15, -0.1) is 0 Å². The molecule has 1 N–H and O–H groups in total. The normalized spacial score (nSPS) is 18.6. The maximum atomic E-state index is 13.9. The summed E-state index contributed by atoms with van der Waals surface area (Å²) in [4.78, 5) is 17.7. The number of halogens is 3. The Bertz CT molecular complexity index is 1290. The van der Waals surface area contributed by atoms with Crippen LogP contribution in [0.4, 0.5) is 18.9 Å². The van der Waals surface area contributed by atoms with Crippen LogP contribution in [0.5, 0.6) is 0 Å². The van der Waals surface area contributed by atoms with Gasteiger partial charge in [-0.05, 0) is 86.4 Å². The number of hydrogen-bond acceptors (Lipinski definition) is 3. The van der Waals surface area contributed by atoms with Crippen molar-refractivity contribution < 1.29 is 18.0 Å². The monoisotopic (exact) mass is 483 g/mol. The van der Waals surface area contributed by atoms with Crippen molar-refractivity contribution in [2.45, 2.75) is 51.2 Å². The number of piperazine rings is 1. The summed E-state index contributed by atoms with van der Waals surface area (Å²) in [5, 5.41) is 5.40. The Morgan fingerprint density at radius 2 is 1.66 bits per heavy atom. The second-order valence-corrected chi connectivity index (χ2v) is 10.5. The minimum Gasteiger partial charge on any atom is -0.369 e. The first-order valence-electron chi connectivity index (χ1n) is 12.4. The molecule has 0 radical (unpaired) electrons. The number of alkyl halides is 3. The molecule has 2 aliphatic carbocycles. The molecule has 4 nitrogen and oxygen atoms in total. The Kier molecular flexibility index (Phi) is 5.94. The third-order valence-electron chi connectivity index (χ3n) is 7.80. The second-order valence-electron chi connectivity index (χ2n) is 10.5. The average Bonchev–Trinajstić information content (AvgIpc) is 3.23. The fourth-order valence-corrected chi connectivity index (χ4v) is 5.85. The van der Waals surface area contributed by atoms with Crippen LogP contribution in [0.25, 0.3) is 11.1 Å². The minimum atomic E-state index is -4.61. The zero-order chi connectivity index (χ0) is 25.0. The van der Waals surface area contributed by atoms with Crippen molar-refractivity contribution in [3.05, 3.63) is 63.5 Å². The van der Waals surface area contributed by atoms with E-state index in [9.17, 15) is 18.0 Å². The van der Waals surface area contributed by atoms with Gasteiger partial charge in [0.25, 0.3) is 5.91 Å². The van der Waals surface area contributed by atoms with Gasteiger partial charge < -0.3 is 15.1 Å². The molecule has 1 fully saturated rings. The molecule has 3 aliphatic rings. The highest BCUT2D eigenvalue weighted by molar-refractivity contribution is 5.98. The quantitative estimate of drug-likeness (QED) is 0.721. The van der Waals surface area contributed by atoms with E-state index in [2.05, 4.69) is 22.3 Å². The number of nitrogens with zero attached hydrogens (tertiary/aromatic N) is 2. The molecule has 0 unspecified atom stereocenters. The maximum absolute atomic E-state index is 13.9. The van der Waals surface area contributed by atoms with Crippen molar-refractivity contribution >= 4 is 22.7 Å². The van der Waals surface area contributed by atoms with Crippen molar-refractivity contribution in [1.29, 1.82) is 0 Å². The van der Waals surface area contributed by atoms with E-state index < -0.39 is 23.2 Å². The van der Waals surface area contributed by atoms with Gasteiger partial charge in [-0.1, -0.05) is 23.8 Å². The molecule has 0 bridgehead atoms. The van der Waals surface area contributed by atoms with Crippen molar-refractivity contribution in [1.82, 2.24) is 10.2 Å². The number of anilines is 1. The summed E-state index contributed by atoms with van der Waals surface area (Å²) in [7, 11) is 2.02. The number of carbonyl (C=O) groups is 1.